The van der Waals surface area contributed by atoms with Gasteiger partial charge in [0, 0.05) is 43.0 Å². The Bertz CT molecular complexity index is 442. The molecular weight excluding hydrogens is 250 g/mol. The van der Waals surface area contributed by atoms with Crippen LogP contribution in [-0.2, 0) is 6.54 Å². The van der Waals surface area contributed by atoms with Crippen LogP contribution in [0.1, 0.15) is 42.5 Å². The van der Waals surface area contributed by atoms with E-state index in [9.17, 15) is 0 Å². The molecule has 1 aromatic rings. The lowest BCUT2D eigenvalue weighted by Gasteiger charge is -2.28. The van der Waals surface area contributed by atoms with Gasteiger partial charge in [-0.15, -0.1) is 0 Å². The van der Waals surface area contributed by atoms with Gasteiger partial charge in [0.1, 0.15) is 5.75 Å². The zero-order valence-corrected chi connectivity index (χ0v) is 13.0. The summed E-state index contributed by atoms with van der Waals surface area (Å²) in [6.07, 6.45) is 7.19. The van der Waals surface area contributed by atoms with E-state index >= 15 is 0 Å². The molecule has 0 aromatic carbocycles. The zero-order chi connectivity index (χ0) is 14.5. The number of aryl methyl sites for hydroxylation is 1. The summed E-state index contributed by atoms with van der Waals surface area (Å²) in [5.74, 6) is 0.967. The number of hydrogen-bond acceptors (Lipinski definition) is 4. The second kappa shape index (κ2) is 7.04. The van der Waals surface area contributed by atoms with Crippen molar-refractivity contribution in [2.24, 2.45) is 5.73 Å². The summed E-state index contributed by atoms with van der Waals surface area (Å²) >= 11 is 0. The van der Waals surface area contributed by atoms with Crippen molar-refractivity contribution >= 4 is 0 Å². The van der Waals surface area contributed by atoms with E-state index < -0.39 is 0 Å². The quantitative estimate of drug-likeness (QED) is 0.867. The Morgan fingerprint density at radius 2 is 2.05 bits per heavy atom. The molecule has 0 spiro atoms. The number of aromatic nitrogens is 1. The molecule has 1 heterocycles. The maximum atomic E-state index is 5.78. The van der Waals surface area contributed by atoms with Crippen molar-refractivity contribution in [2.75, 3.05) is 20.2 Å². The van der Waals surface area contributed by atoms with Crippen LogP contribution in [-0.4, -0.2) is 36.1 Å². The van der Waals surface area contributed by atoms with Crippen molar-refractivity contribution < 1.29 is 4.74 Å². The second-order valence-corrected chi connectivity index (χ2v) is 5.74. The Morgan fingerprint density at radius 1 is 1.35 bits per heavy atom. The van der Waals surface area contributed by atoms with Gasteiger partial charge in [-0.3, -0.25) is 9.88 Å². The van der Waals surface area contributed by atoms with E-state index in [1.165, 1.54) is 25.7 Å². The van der Waals surface area contributed by atoms with E-state index in [2.05, 4.69) is 16.8 Å². The van der Waals surface area contributed by atoms with Crippen molar-refractivity contribution in [1.29, 1.82) is 0 Å². The first-order chi connectivity index (χ1) is 9.67. The number of nitrogens with zero attached hydrogens (tertiary/aromatic N) is 2. The smallest absolute Gasteiger partial charge is 0.128 e. The summed E-state index contributed by atoms with van der Waals surface area (Å²) in [5.41, 5.74) is 9.16. The highest BCUT2D eigenvalue weighted by atomic mass is 16.5. The molecule has 0 amide bonds. The summed E-state index contributed by atoms with van der Waals surface area (Å²) in [6.45, 7) is 6.67. The van der Waals surface area contributed by atoms with E-state index in [1.807, 2.05) is 13.1 Å². The third-order valence-corrected chi connectivity index (χ3v) is 4.36. The van der Waals surface area contributed by atoms with Gasteiger partial charge in [0.05, 0.1) is 12.8 Å². The van der Waals surface area contributed by atoms with Crippen LogP contribution in [0.5, 0.6) is 5.75 Å². The standard InChI is InChI=1S/C16H27N3O/c1-12-10-18-15(13(2)16(12)20-3)11-19(9-8-17)14-6-4-5-7-14/h10,14H,4-9,11,17H2,1-3H3. The largest absolute Gasteiger partial charge is 0.496 e. The van der Waals surface area contributed by atoms with Gasteiger partial charge in [-0.1, -0.05) is 12.8 Å². The van der Waals surface area contributed by atoms with Crippen LogP contribution in [0.2, 0.25) is 0 Å². The highest BCUT2D eigenvalue weighted by Crippen LogP contribution is 2.28. The fraction of sp³-hybridized carbons (Fsp3) is 0.688. The summed E-state index contributed by atoms with van der Waals surface area (Å²) in [6, 6.07) is 0.673. The Hall–Kier alpha value is -1.13. The van der Waals surface area contributed by atoms with E-state index in [4.69, 9.17) is 10.5 Å². The maximum Gasteiger partial charge on any atom is 0.128 e. The molecule has 4 heteroatoms. The minimum atomic E-state index is 0.673. The monoisotopic (exact) mass is 277 g/mol. The minimum Gasteiger partial charge on any atom is -0.496 e. The van der Waals surface area contributed by atoms with Crippen LogP contribution in [0.15, 0.2) is 6.20 Å². The molecule has 2 rings (SSSR count). The number of hydrogen-bond donors (Lipinski definition) is 1. The summed E-state index contributed by atoms with van der Waals surface area (Å²) < 4.78 is 5.50. The topological polar surface area (TPSA) is 51.4 Å². The molecule has 4 nitrogen and oxygen atoms in total. The van der Waals surface area contributed by atoms with Crippen LogP contribution in [0.4, 0.5) is 0 Å². The summed E-state index contributed by atoms with van der Waals surface area (Å²) in [5, 5.41) is 0. The average Bonchev–Trinajstić information content (AvgIpc) is 2.95. The third-order valence-electron chi connectivity index (χ3n) is 4.36. The fourth-order valence-electron chi connectivity index (χ4n) is 3.25. The minimum absolute atomic E-state index is 0.673. The lowest BCUT2D eigenvalue weighted by molar-refractivity contribution is 0.192. The molecule has 1 saturated carbocycles. The Kier molecular flexibility index (Phi) is 5.38. The van der Waals surface area contributed by atoms with Crippen LogP contribution in [0.3, 0.4) is 0 Å². The van der Waals surface area contributed by atoms with Crippen molar-refractivity contribution in [3.8, 4) is 5.75 Å². The summed E-state index contributed by atoms with van der Waals surface area (Å²) in [7, 11) is 1.73. The van der Waals surface area contributed by atoms with Gasteiger partial charge >= 0.3 is 0 Å². The second-order valence-electron chi connectivity index (χ2n) is 5.74. The maximum absolute atomic E-state index is 5.78. The van der Waals surface area contributed by atoms with Gasteiger partial charge in [-0.2, -0.15) is 0 Å². The molecule has 2 N–H and O–H groups in total. The van der Waals surface area contributed by atoms with Gasteiger partial charge in [-0.25, -0.2) is 0 Å². The van der Waals surface area contributed by atoms with Gasteiger partial charge in [-0.05, 0) is 26.7 Å². The molecule has 1 fully saturated rings. The van der Waals surface area contributed by atoms with Gasteiger partial charge < -0.3 is 10.5 Å². The molecule has 0 unspecified atom stereocenters. The Morgan fingerprint density at radius 3 is 2.65 bits per heavy atom. The molecule has 0 aliphatic heterocycles. The molecule has 0 radical (unpaired) electrons. The highest BCUT2D eigenvalue weighted by molar-refractivity contribution is 5.41. The number of pyridine rings is 1. The number of rotatable bonds is 6. The van der Waals surface area contributed by atoms with Crippen LogP contribution < -0.4 is 10.5 Å². The van der Waals surface area contributed by atoms with Crippen molar-refractivity contribution in [1.82, 2.24) is 9.88 Å². The van der Waals surface area contributed by atoms with Crippen LogP contribution in [0.25, 0.3) is 0 Å². The molecular formula is C16H27N3O. The lowest BCUT2D eigenvalue weighted by atomic mass is 10.1. The first-order valence-electron chi connectivity index (χ1n) is 7.60. The van der Waals surface area contributed by atoms with Gasteiger partial charge in [0.2, 0.25) is 0 Å². The molecule has 0 saturated heterocycles. The molecule has 20 heavy (non-hydrogen) atoms. The zero-order valence-electron chi connectivity index (χ0n) is 13.0. The van der Waals surface area contributed by atoms with E-state index in [1.54, 1.807) is 7.11 Å². The lowest BCUT2D eigenvalue weighted by Crippen LogP contribution is -2.37. The molecule has 1 aliphatic carbocycles. The van der Waals surface area contributed by atoms with Crippen molar-refractivity contribution in [3.05, 3.63) is 23.0 Å². The fourth-order valence-corrected chi connectivity index (χ4v) is 3.25. The van der Waals surface area contributed by atoms with Crippen LogP contribution in [0, 0.1) is 13.8 Å². The first-order valence-corrected chi connectivity index (χ1v) is 7.60. The van der Waals surface area contributed by atoms with Crippen molar-refractivity contribution in [3.63, 3.8) is 0 Å². The SMILES string of the molecule is COc1c(C)cnc(CN(CCN)C2CCCC2)c1C. The number of nitrogens with two attached hydrogens (primary N) is 1. The highest BCUT2D eigenvalue weighted by Gasteiger charge is 2.23. The van der Waals surface area contributed by atoms with Gasteiger partial charge in [0.15, 0.2) is 0 Å². The average molecular weight is 277 g/mol. The van der Waals surface area contributed by atoms with E-state index in [-0.39, 0.29) is 0 Å². The van der Waals surface area contributed by atoms with Crippen LogP contribution >= 0.6 is 0 Å². The third kappa shape index (κ3) is 3.30. The predicted octanol–water partition coefficient (Wildman–Crippen LogP) is 2.41. The van der Waals surface area contributed by atoms with E-state index in [0.717, 1.165) is 35.7 Å². The predicted molar refractivity (Wildman–Crippen MR) is 82.0 cm³/mol. The summed E-state index contributed by atoms with van der Waals surface area (Å²) in [4.78, 5) is 7.11. The van der Waals surface area contributed by atoms with E-state index in [0.29, 0.717) is 12.6 Å². The number of methoxy groups -OCH3 is 1. The molecule has 1 aromatic heterocycles. The molecule has 112 valence electrons. The van der Waals surface area contributed by atoms with Crippen molar-refractivity contribution in [2.45, 2.75) is 52.1 Å². The molecule has 0 bridgehead atoms. The number of ether oxygens (including phenoxy) is 1. The Labute approximate surface area is 122 Å². The first kappa shape index (κ1) is 15.3. The molecule has 1 aliphatic rings. The Balaban J connectivity index is 2.17. The van der Waals surface area contributed by atoms with Gasteiger partial charge in [0.25, 0.3) is 0 Å². The molecule has 0 atom stereocenters. The normalized spacial score (nSPS) is 16.1.